The van der Waals surface area contributed by atoms with Crippen molar-refractivity contribution in [2.75, 3.05) is 5.84 Å². The number of fused-ring (bicyclic) bond motifs is 1. The van der Waals surface area contributed by atoms with Crippen LogP contribution in [-0.4, -0.2) is 14.6 Å². The standard InChI is InChI=1S/C8H8N4O/c1-5-10-4-6-7(11-5)2-3-12(9)8(6)13/h2-4H,9H2,1H3. The van der Waals surface area contributed by atoms with Gasteiger partial charge in [-0.2, -0.15) is 0 Å². The maximum atomic E-state index is 11.4. The predicted octanol–water partition coefficient (Wildman–Crippen LogP) is -0.186. The molecule has 0 radical (unpaired) electrons. The van der Waals surface area contributed by atoms with Crippen LogP contribution in [0.3, 0.4) is 0 Å². The fourth-order valence-electron chi connectivity index (χ4n) is 1.14. The first kappa shape index (κ1) is 7.72. The van der Waals surface area contributed by atoms with Gasteiger partial charge in [0.2, 0.25) is 0 Å². The number of nitrogens with two attached hydrogens (primary N) is 1. The number of aryl methyl sites for hydroxylation is 1. The van der Waals surface area contributed by atoms with Crippen molar-refractivity contribution < 1.29 is 0 Å². The topological polar surface area (TPSA) is 73.8 Å². The van der Waals surface area contributed by atoms with Gasteiger partial charge in [-0.1, -0.05) is 0 Å². The molecule has 0 spiro atoms. The highest BCUT2D eigenvalue weighted by molar-refractivity contribution is 5.76. The lowest BCUT2D eigenvalue weighted by Crippen LogP contribution is -2.26. The van der Waals surface area contributed by atoms with Crippen LogP contribution in [0.25, 0.3) is 10.9 Å². The zero-order valence-corrected chi connectivity index (χ0v) is 7.06. The van der Waals surface area contributed by atoms with E-state index in [9.17, 15) is 4.79 Å². The summed E-state index contributed by atoms with van der Waals surface area (Å²) in [5, 5.41) is 0.440. The van der Waals surface area contributed by atoms with Gasteiger partial charge in [-0.3, -0.25) is 4.79 Å². The summed E-state index contributed by atoms with van der Waals surface area (Å²) < 4.78 is 1.01. The SMILES string of the molecule is Cc1ncc2c(=O)n(N)ccc2n1. The summed E-state index contributed by atoms with van der Waals surface area (Å²) in [7, 11) is 0. The normalized spacial score (nSPS) is 10.5. The maximum absolute atomic E-state index is 11.4. The van der Waals surface area contributed by atoms with Crippen molar-refractivity contribution in [1.29, 1.82) is 0 Å². The first-order chi connectivity index (χ1) is 6.18. The van der Waals surface area contributed by atoms with Gasteiger partial charge in [0.15, 0.2) is 0 Å². The summed E-state index contributed by atoms with van der Waals surface area (Å²) in [5.41, 5.74) is 0.344. The molecule has 0 unspecified atom stereocenters. The summed E-state index contributed by atoms with van der Waals surface area (Å²) in [6.45, 7) is 1.77. The van der Waals surface area contributed by atoms with Gasteiger partial charge >= 0.3 is 0 Å². The molecule has 0 aromatic carbocycles. The van der Waals surface area contributed by atoms with Gasteiger partial charge in [-0.05, 0) is 13.0 Å². The Kier molecular flexibility index (Phi) is 1.51. The molecule has 66 valence electrons. The van der Waals surface area contributed by atoms with Gasteiger partial charge in [-0.15, -0.1) is 0 Å². The van der Waals surface area contributed by atoms with Crippen LogP contribution in [0.2, 0.25) is 0 Å². The highest BCUT2D eigenvalue weighted by Gasteiger charge is 2.01. The second-order valence-corrected chi connectivity index (χ2v) is 2.74. The number of rotatable bonds is 0. The molecule has 0 fully saturated rings. The van der Waals surface area contributed by atoms with E-state index in [4.69, 9.17) is 5.84 Å². The Morgan fingerprint density at radius 2 is 2.31 bits per heavy atom. The van der Waals surface area contributed by atoms with Crippen LogP contribution in [0, 0.1) is 6.92 Å². The van der Waals surface area contributed by atoms with E-state index >= 15 is 0 Å². The largest absolute Gasteiger partial charge is 0.336 e. The third-order valence-electron chi connectivity index (χ3n) is 1.80. The van der Waals surface area contributed by atoms with E-state index in [1.54, 1.807) is 13.0 Å². The molecule has 2 aromatic rings. The van der Waals surface area contributed by atoms with Gasteiger partial charge < -0.3 is 5.84 Å². The highest BCUT2D eigenvalue weighted by atomic mass is 16.1. The molecule has 5 heteroatoms. The van der Waals surface area contributed by atoms with Crippen molar-refractivity contribution in [1.82, 2.24) is 14.6 Å². The molecule has 2 heterocycles. The Bertz CT molecular complexity index is 517. The molecule has 2 rings (SSSR count). The molecule has 0 saturated carbocycles. The number of aromatic nitrogens is 3. The quantitative estimate of drug-likeness (QED) is 0.565. The minimum atomic E-state index is -0.280. The van der Waals surface area contributed by atoms with Crippen molar-refractivity contribution in [3.8, 4) is 0 Å². The van der Waals surface area contributed by atoms with E-state index in [2.05, 4.69) is 9.97 Å². The highest BCUT2D eigenvalue weighted by Crippen LogP contribution is 2.03. The number of pyridine rings is 1. The molecular weight excluding hydrogens is 168 g/mol. The Balaban J connectivity index is 2.95. The van der Waals surface area contributed by atoms with E-state index in [1.807, 2.05) is 0 Å². The molecule has 0 saturated heterocycles. The van der Waals surface area contributed by atoms with E-state index in [0.29, 0.717) is 16.7 Å². The van der Waals surface area contributed by atoms with Crippen LogP contribution in [0.1, 0.15) is 5.82 Å². The average molecular weight is 176 g/mol. The minimum absolute atomic E-state index is 0.280. The summed E-state index contributed by atoms with van der Waals surface area (Å²) in [5.74, 6) is 6.01. The minimum Gasteiger partial charge on any atom is -0.336 e. The number of hydrogen-bond acceptors (Lipinski definition) is 4. The van der Waals surface area contributed by atoms with E-state index in [0.717, 1.165) is 4.68 Å². The number of nitrogen functional groups attached to an aromatic ring is 1. The van der Waals surface area contributed by atoms with E-state index < -0.39 is 0 Å². The first-order valence-electron chi connectivity index (χ1n) is 3.78. The van der Waals surface area contributed by atoms with Crippen molar-refractivity contribution in [2.24, 2.45) is 0 Å². The number of nitrogens with zero attached hydrogens (tertiary/aromatic N) is 3. The predicted molar refractivity (Wildman–Crippen MR) is 48.7 cm³/mol. The van der Waals surface area contributed by atoms with Gasteiger partial charge in [0, 0.05) is 12.4 Å². The van der Waals surface area contributed by atoms with Crippen LogP contribution in [0.4, 0.5) is 0 Å². The molecule has 13 heavy (non-hydrogen) atoms. The van der Waals surface area contributed by atoms with Gasteiger partial charge in [0.1, 0.15) is 5.82 Å². The summed E-state index contributed by atoms with van der Waals surface area (Å²) in [4.78, 5) is 19.4. The molecule has 0 aliphatic heterocycles. The lowest BCUT2D eigenvalue weighted by Gasteiger charge is -1.99. The second-order valence-electron chi connectivity index (χ2n) is 2.74. The molecule has 0 aliphatic rings. The smallest absolute Gasteiger partial charge is 0.279 e. The summed E-state index contributed by atoms with van der Waals surface area (Å²) >= 11 is 0. The molecule has 2 aromatic heterocycles. The van der Waals surface area contributed by atoms with E-state index in [-0.39, 0.29) is 5.56 Å². The van der Waals surface area contributed by atoms with Crippen molar-refractivity contribution >= 4 is 10.9 Å². The third kappa shape index (κ3) is 1.14. The molecule has 0 aliphatic carbocycles. The zero-order chi connectivity index (χ0) is 9.42. The Morgan fingerprint density at radius 1 is 1.54 bits per heavy atom. The van der Waals surface area contributed by atoms with Crippen molar-refractivity contribution in [3.63, 3.8) is 0 Å². The fourth-order valence-corrected chi connectivity index (χ4v) is 1.14. The van der Waals surface area contributed by atoms with Gasteiger partial charge in [-0.25, -0.2) is 14.6 Å². The molecule has 0 atom stereocenters. The Hall–Kier alpha value is -1.91. The fraction of sp³-hybridized carbons (Fsp3) is 0.125. The Labute approximate surface area is 73.8 Å². The monoisotopic (exact) mass is 176 g/mol. The molecular formula is C8H8N4O. The van der Waals surface area contributed by atoms with Crippen LogP contribution in [0.15, 0.2) is 23.3 Å². The molecule has 0 bridgehead atoms. The van der Waals surface area contributed by atoms with Crippen LogP contribution < -0.4 is 11.4 Å². The Morgan fingerprint density at radius 3 is 3.08 bits per heavy atom. The van der Waals surface area contributed by atoms with Crippen LogP contribution >= 0.6 is 0 Å². The van der Waals surface area contributed by atoms with E-state index in [1.165, 1.54) is 12.4 Å². The van der Waals surface area contributed by atoms with Crippen molar-refractivity contribution in [2.45, 2.75) is 6.92 Å². The molecule has 0 amide bonds. The maximum Gasteiger partial charge on any atom is 0.279 e. The zero-order valence-electron chi connectivity index (χ0n) is 7.06. The average Bonchev–Trinajstić information content (AvgIpc) is 2.12. The molecule has 2 N–H and O–H groups in total. The van der Waals surface area contributed by atoms with Gasteiger partial charge in [0.25, 0.3) is 5.56 Å². The van der Waals surface area contributed by atoms with Crippen LogP contribution in [-0.2, 0) is 0 Å². The summed E-state index contributed by atoms with van der Waals surface area (Å²) in [6, 6.07) is 1.69. The van der Waals surface area contributed by atoms with Gasteiger partial charge in [0.05, 0.1) is 10.9 Å². The number of hydrogen-bond donors (Lipinski definition) is 1. The first-order valence-corrected chi connectivity index (χ1v) is 3.78. The lowest BCUT2D eigenvalue weighted by molar-refractivity contribution is 0.945. The third-order valence-corrected chi connectivity index (χ3v) is 1.80. The summed E-state index contributed by atoms with van der Waals surface area (Å²) in [6.07, 6.45) is 2.97. The van der Waals surface area contributed by atoms with Crippen molar-refractivity contribution in [3.05, 3.63) is 34.6 Å². The second kappa shape index (κ2) is 2.55. The lowest BCUT2D eigenvalue weighted by atomic mass is 10.3. The molecule has 5 nitrogen and oxygen atoms in total. The van der Waals surface area contributed by atoms with Crippen LogP contribution in [0.5, 0.6) is 0 Å².